The van der Waals surface area contributed by atoms with Gasteiger partial charge in [0, 0.05) is 17.8 Å². The van der Waals surface area contributed by atoms with E-state index in [-0.39, 0.29) is 18.1 Å². The Balaban J connectivity index is 1.53. The number of nitrogens with zero attached hydrogens (tertiary/aromatic N) is 3. The zero-order valence-electron chi connectivity index (χ0n) is 14.2. The summed E-state index contributed by atoms with van der Waals surface area (Å²) in [6.07, 6.45) is 1.54. The van der Waals surface area contributed by atoms with E-state index in [1.807, 2.05) is 19.9 Å². The van der Waals surface area contributed by atoms with Crippen molar-refractivity contribution in [1.82, 2.24) is 9.88 Å². The minimum Gasteiger partial charge on any atom is -0.491 e. The highest BCUT2D eigenvalue weighted by Crippen LogP contribution is 2.20. The summed E-state index contributed by atoms with van der Waals surface area (Å²) >= 11 is 0. The van der Waals surface area contributed by atoms with Crippen molar-refractivity contribution < 1.29 is 14.3 Å². The number of nitriles is 1. The predicted molar refractivity (Wildman–Crippen MR) is 91.5 cm³/mol. The zero-order chi connectivity index (χ0) is 17.8. The Hall–Kier alpha value is -3.07. The minimum absolute atomic E-state index is 0.0327. The van der Waals surface area contributed by atoms with Gasteiger partial charge in [0.15, 0.2) is 0 Å². The van der Waals surface area contributed by atoms with Crippen molar-refractivity contribution in [3.8, 4) is 17.7 Å². The van der Waals surface area contributed by atoms with Gasteiger partial charge in [-0.2, -0.15) is 5.26 Å². The van der Waals surface area contributed by atoms with E-state index in [9.17, 15) is 4.79 Å². The fourth-order valence-electron chi connectivity index (χ4n) is 2.52. The van der Waals surface area contributed by atoms with E-state index < -0.39 is 0 Å². The summed E-state index contributed by atoms with van der Waals surface area (Å²) in [7, 11) is 0. The molecule has 2 heterocycles. The fourth-order valence-corrected chi connectivity index (χ4v) is 2.52. The van der Waals surface area contributed by atoms with Crippen molar-refractivity contribution >= 4 is 5.91 Å². The lowest BCUT2D eigenvalue weighted by atomic mass is 10.1. The normalized spacial score (nSPS) is 13.9. The number of hydrogen-bond acceptors (Lipinski definition) is 5. The van der Waals surface area contributed by atoms with E-state index in [1.54, 1.807) is 41.3 Å². The van der Waals surface area contributed by atoms with Crippen LogP contribution in [0.1, 0.15) is 29.8 Å². The molecule has 6 nitrogen and oxygen atoms in total. The number of carbonyl (C=O) groups excluding carboxylic acids is 1. The van der Waals surface area contributed by atoms with Crippen LogP contribution in [-0.2, 0) is 0 Å². The molecule has 1 aromatic heterocycles. The van der Waals surface area contributed by atoms with Gasteiger partial charge in [0.2, 0.25) is 5.88 Å². The molecule has 128 valence electrons. The monoisotopic (exact) mass is 337 g/mol. The van der Waals surface area contributed by atoms with Crippen LogP contribution >= 0.6 is 0 Å². The molecule has 1 aliphatic heterocycles. The molecule has 0 radical (unpaired) electrons. The summed E-state index contributed by atoms with van der Waals surface area (Å²) in [6, 6.07) is 12.4. The highest BCUT2D eigenvalue weighted by molar-refractivity contribution is 5.94. The molecule has 0 bridgehead atoms. The van der Waals surface area contributed by atoms with Crippen molar-refractivity contribution in [2.75, 3.05) is 13.1 Å². The lowest BCUT2D eigenvalue weighted by molar-refractivity contribution is 0.0160. The third kappa shape index (κ3) is 4.07. The van der Waals surface area contributed by atoms with Crippen LogP contribution in [0.3, 0.4) is 0 Å². The van der Waals surface area contributed by atoms with Crippen LogP contribution in [0.5, 0.6) is 11.6 Å². The molecule has 0 spiro atoms. The Morgan fingerprint density at radius 3 is 2.64 bits per heavy atom. The van der Waals surface area contributed by atoms with E-state index in [2.05, 4.69) is 4.98 Å². The fraction of sp³-hybridized carbons (Fsp3) is 0.316. The van der Waals surface area contributed by atoms with E-state index in [4.69, 9.17) is 14.7 Å². The lowest BCUT2D eigenvalue weighted by Crippen LogP contribution is -2.56. The van der Waals surface area contributed by atoms with Crippen molar-refractivity contribution in [3.63, 3.8) is 0 Å². The first-order valence-corrected chi connectivity index (χ1v) is 8.14. The third-order valence-corrected chi connectivity index (χ3v) is 3.76. The van der Waals surface area contributed by atoms with Crippen LogP contribution in [0.25, 0.3) is 0 Å². The molecular formula is C19H19N3O3. The minimum atomic E-state index is -0.103. The number of benzene rings is 1. The van der Waals surface area contributed by atoms with Crippen LogP contribution in [0.2, 0.25) is 0 Å². The molecule has 1 aliphatic rings. The maximum Gasteiger partial charge on any atom is 0.254 e. The molecule has 1 fully saturated rings. The summed E-state index contributed by atoms with van der Waals surface area (Å²) in [5, 5.41) is 8.88. The molecule has 0 saturated carbocycles. The Morgan fingerprint density at radius 2 is 2.00 bits per heavy atom. The Morgan fingerprint density at radius 1 is 1.28 bits per heavy atom. The average Bonchev–Trinajstić information content (AvgIpc) is 2.57. The van der Waals surface area contributed by atoms with Crippen LogP contribution in [-0.4, -0.2) is 41.1 Å². The van der Waals surface area contributed by atoms with Gasteiger partial charge in [-0.15, -0.1) is 0 Å². The molecule has 3 rings (SSSR count). The highest BCUT2D eigenvalue weighted by atomic mass is 16.5. The average molecular weight is 337 g/mol. The van der Waals surface area contributed by atoms with Crippen molar-refractivity contribution in [2.45, 2.75) is 26.1 Å². The van der Waals surface area contributed by atoms with E-state index in [1.165, 1.54) is 6.20 Å². The predicted octanol–water partition coefficient (Wildman–Crippen LogP) is 2.64. The maximum absolute atomic E-state index is 12.4. The summed E-state index contributed by atoms with van der Waals surface area (Å²) in [4.78, 5) is 18.2. The molecular weight excluding hydrogens is 318 g/mol. The van der Waals surface area contributed by atoms with Gasteiger partial charge in [-0.05, 0) is 44.2 Å². The van der Waals surface area contributed by atoms with Gasteiger partial charge in [0.05, 0.1) is 30.8 Å². The van der Waals surface area contributed by atoms with Crippen molar-refractivity contribution in [1.29, 1.82) is 5.26 Å². The highest BCUT2D eigenvalue weighted by Gasteiger charge is 2.33. The number of carbonyl (C=O) groups is 1. The quantitative estimate of drug-likeness (QED) is 0.838. The van der Waals surface area contributed by atoms with Crippen LogP contribution in [0.4, 0.5) is 0 Å². The smallest absolute Gasteiger partial charge is 0.254 e. The number of amides is 1. The van der Waals surface area contributed by atoms with Gasteiger partial charge in [0.1, 0.15) is 11.9 Å². The summed E-state index contributed by atoms with van der Waals surface area (Å²) in [6.45, 7) is 4.92. The molecule has 1 amide bonds. The van der Waals surface area contributed by atoms with Gasteiger partial charge in [-0.3, -0.25) is 4.79 Å². The molecule has 0 unspecified atom stereocenters. The van der Waals surface area contributed by atoms with Crippen LogP contribution in [0.15, 0.2) is 42.6 Å². The van der Waals surface area contributed by atoms with Gasteiger partial charge < -0.3 is 14.4 Å². The largest absolute Gasteiger partial charge is 0.491 e. The molecule has 1 aromatic carbocycles. The third-order valence-electron chi connectivity index (χ3n) is 3.76. The van der Waals surface area contributed by atoms with Gasteiger partial charge >= 0.3 is 0 Å². The van der Waals surface area contributed by atoms with Gasteiger partial charge in [-0.25, -0.2) is 4.98 Å². The van der Waals surface area contributed by atoms with Crippen LogP contribution < -0.4 is 9.47 Å². The SMILES string of the molecule is CC(C)Oc1ccc(C(=O)N2CC(Oc3cc(C#N)ccn3)C2)cc1. The second-order valence-electron chi connectivity index (χ2n) is 6.14. The van der Waals surface area contributed by atoms with E-state index >= 15 is 0 Å². The van der Waals surface area contributed by atoms with Crippen molar-refractivity contribution in [3.05, 3.63) is 53.7 Å². The molecule has 2 aromatic rings. The molecule has 25 heavy (non-hydrogen) atoms. The van der Waals surface area contributed by atoms with Crippen LogP contribution in [0, 0.1) is 11.3 Å². The first-order valence-electron chi connectivity index (χ1n) is 8.14. The summed E-state index contributed by atoms with van der Waals surface area (Å²) in [5.74, 6) is 1.13. The molecule has 1 saturated heterocycles. The molecule has 0 N–H and O–H groups in total. The second-order valence-corrected chi connectivity index (χ2v) is 6.14. The topological polar surface area (TPSA) is 75.4 Å². The maximum atomic E-state index is 12.4. The Labute approximate surface area is 146 Å². The number of rotatable bonds is 5. The Bertz CT molecular complexity index is 790. The molecule has 0 aliphatic carbocycles. The van der Waals surface area contributed by atoms with Gasteiger partial charge in [0.25, 0.3) is 5.91 Å². The standard InChI is InChI=1S/C19H19N3O3/c1-13(2)24-16-5-3-15(4-6-16)19(23)22-11-17(12-22)25-18-9-14(10-20)7-8-21-18/h3-9,13,17H,11-12H2,1-2H3. The Kier molecular flexibility index (Phi) is 4.85. The number of likely N-dealkylation sites (tertiary alicyclic amines) is 1. The zero-order valence-corrected chi connectivity index (χ0v) is 14.2. The number of pyridine rings is 1. The number of hydrogen-bond donors (Lipinski definition) is 0. The first-order chi connectivity index (χ1) is 12.0. The second kappa shape index (κ2) is 7.22. The molecule has 6 heteroatoms. The van der Waals surface area contributed by atoms with Gasteiger partial charge in [-0.1, -0.05) is 0 Å². The molecule has 0 atom stereocenters. The summed E-state index contributed by atoms with van der Waals surface area (Å²) < 4.78 is 11.3. The number of ether oxygens (including phenoxy) is 2. The lowest BCUT2D eigenvalue weighted by Gasteiger charge is -2.38. The first kappa shape index (κ1) is 16.8. The van der Waals surface area contributed by atoms with E-state index in [0.29, 0.717) is 30.1 Å². The van der Waals surface area contributed by atoms with E-state index in [0.717, 1.165) is 5.75 Å². The number of aromatic nitrogens is 1. The summed E-state index contributed by atoms with van der Waals surface area (Å²) in [5.41, 5.74) is 1.13. The van der Waals surface area contributed by atoms with Crippen molar-refractivity contribution in [2.24, 2.45) is 0 Å².